The molecule has 0 bridgehead atoms. The SMILES string of the molecule is Cc1ccc(NC(=O)c2cc(F)c(F)c(F)c2)cc1N. The van der Waals surface area contributed by atoms with Gasteiger partial charge in [0.05, 0.1) is 0 Å². The molecule has 0 spiro atoms. The minimum absolute atomic E-state index is 0.319. The van der Waals surface area contributed by atoms with Crippen LogP contribution in [0.25, 0.3) is 0 Å². The number of carbonyl (C=O) groups excluding carboxylic acids is 1. The molecular formula is C14H11F3N2O. The molecule has 3 nitrogen and oxygen atoms in total. The molecule has 0 unspecified atom stereocenters. The Bertz CT molecular complexity index is 663. The number of nitrogen functional groups attached to an aromatic ring is 1. The predicted octanol–water partition coefficient (Wildman–Crippen LogP) is 3.25. The molecule has 0 heterocycles. The minimum atomic E-state index is -1.61. The van der Waals surface area contributed by atoms with Crippen molar-refractivity contribution in [2.75, 3.05) is 11.1 Å². The van der Waals surface area contributed by atoms with Crippen LogP contribution in [0.5, 0.6) is 0 Å². The van der Waals surface area contributed by atoms with Crippen molar-refractivity contribution < 1.29 is 18.0 Å². The van der Waals surface area contributed by atoms with Gasteiger partial charge in [0.2, 0.25) is 0 Å². The number of anilines is 2. The first-order valence-electron chi connectivity index (χ1n) is 5.70. The fraction of sp³-hybridized carbons (Fsp3) is 0.0714. The summed E-state index contributed by atoms with van der Waals surface area (Å²) in [5.74, 6) is -5.20. The third kappa shape index (κ3) is 2.74. The topological polar surface area (TPSA) is 55.1 Å². The van der Waals surface area contributed by atoms with Gasteiger partial charge in [0, 0.05) is 16.9 Å². The van der Waals surface area contributed by atoms with Crippen LogP contribution in [0.15, 0.2) is 30.3 Å². The summed E-state index contributed by atoms with van der Waals surface area (Å²) >= 11 is 0. The molecule has 0 aliphatic rings. The van der Waals surface area contributed by atoms with Crippen molar-refractivity contribution in [3.05, 3.63) is 58.9 Å². The molecule has 0 aliphatic heterocycles. The molecule has 0 aromatic heterocycles. The van der Waals surface area contributed by atoms with E-state index in [1.165, 1.54) is 6.07 Å². The fourth-order valence-electron chi connectivity index (χ4n) is 1.61. The smallest absolute Gasteiger partial charge is 0.255 e. The second kappa shape index (κ2) is 5.24. The average Bonchev–Trinajstić information content (AvgIpc) is 2.39. The molecule has 0 saturated carbocycles. The Kier molecular flexibility index (Phi) is 3.65. The maximum Gasteiger partial charge on any atom is 0.255 e. The summed E-state index contributed by atoms with van der Waals surface area (Å²) in [5.41, 5.74) is 7.05. The lowest BCUT2D eigenvalue weighted by molar-refractivity contribution is 0.102. The lowest BCUT2D eigenvalue weighted by atomic mass is 10.1. The summed E-state index contributed by atoms with van der Waals surface area (Å²) in [4.78, 5) is 11.8. The lowest BCUT2D eigenvalue weighted by Crippen LogP contribution is -2.13. The number of hydrogen-bond donors (Lipinski definition) is 2. The summed E-state index contributed by atoms with van der Waals surface area (Å²) < 4.78 is 38.9. The second-order valence-electron chi connectivity index (χ2n) is 4.28. The van der Waals surface area contributed by atoms with Crippen LogP contribution in [-0.2, 0) is 0 Å². The van der Waals surface area contributed by atoms with E-state index in [0.717, 1.165) is 5.56 Å². The molecule has 0 fully saturated rings. The molecule has 0 saturated heterocycles. The Labute approximate surface area is 113 Å². The molecule has 2 aromatic carbocycles. The number of rotatable bonds is 2. The highest BCUT2D eigenvalue weighted by molar-refractivity contribution is 6.04. The molecule has 0 atom stereocenters. The van der Waals surface area contributed by atoms with E-state index < -0.39 is 23.4 Å². The highest BCUT2D eigenvalue weighted by Crippen LogP contribution is 2.19. The third-order valence-corrected chi connectivity index (χ3v) is 2.78. The van der Waals surface area contributed by atoms with Crippen molar-refractivity contribution in [3.8, 4) is 0 Å². The number of hydrogen-bond acceptors (Lipinski definition) is 2. The Morgan fingerprint density at radius 1 is 1.10 bits per heavy atom. The number of amides is 1. The zero-order chi connectivity index (χ0) is 14.9. The van der Waals surface area contributed by atoms with Crippen LogP contribution in [0, 0.1) is 24.4 Å². The van der Waals surface area contributed by atoms with E-state index in [1.54, 1.807) is 19.1 Å². The molecule has 104 valence electrons. The monoisotopic (exact) mass is 280 g/mol. The first-order chi connectivity index (χ1) is 9.38. The first-order valence-corrected chi connectivity index (χ1v) is 5.70. The van der Waals surface area contributed by atoms with Crippen molar-refractivity contribution in [1.82, 2.24) is 0 Å². The summed E-state index contributed by atoms with van der Waals surface area (Å²) in [6.07, 6.45) is 0. The van der Waals surface area contributed by atoms with E-state index in [4.69, 9.17) is 5.73 Å². The number of carbonyl (C=O) groups is 1. The van der Waals surface area contributed by atoms with E-state index in [0.29, 0.717) is 23.5 Å². The van der Waals surface area contributed by atoms with E-state index in [1.807, 2.05) is 0 Å². The normalized spacial score (nSPS) is 10.4. The van der Waals surface area contributed by atoms with Crippen molar-refractivity contribution in [1.29, 1.82) is 0 Å². The molecule has 2 aromatic rings. The number of nitrogens with two attached hydrogens (primary N) is 1. The van der Waals surface area contributed by atoms with Gasteiger partial charge in [-0.3, -0.25) is 4.79 Å². The standard InChI is InChI=1S/C14H11F3N2O/c1-7-2-3-9(6-12(7)18)19-14(20)8-4-10(15)13(17)11(16)5-8/h2-6H,18H2,1H3,(H,19,20). The number of aryl methyl sites for hydroxylation is 1. The van der Waals surface area contributed by atoms with Crippen LogP contribution in [0.2, 0.25) is 0 Å². The van der Waals surface area contributed by atoms with E-state index in [2.05, 4.69) is 5.32 Å². The zero-order valence-corrected chi connectivity index (χ0v) is 10.5. The summed E-state index contributed by atoms with van der Waals surface area (Å²) in [5, 5.41) is 2.43. The van der Waals surface area contributed by atoms with Crippen molar-refractivity contribution in [2.45, 2.75) is 6.92 Å². The second-order valence-corrected chi connectivity index (χ2v) is 4.28. The largest absolute Gasteiger partial charge is 0.398 e. The van der Waals surface area contributed by atoms with Gasteiger partial charge in [0.15, 0.2) is 17.5 Å². The van der Waals surface area contributed by atoms with Gasteiger partial charge in [-0.25, -0.2) is 13.2 Å². The molecule has 20 heavy (non-hydrogen) atoms. The summed E-state index contributed by atoms with van der Waals surface area (Å²) in [6, 6.07) is 6.07. The average molecular weight is 280 g/mol. The maximum absolute atomic E-state index is 13.0. The van der Waals surface area contributed by atoms with Gasteiger partial charge < -0.3 is 11.1 Å². The van der Waals surface area contributed by atoms with Gasteiger partial charge in [-0.1, -0.05) is 6.07 Å². The van der Waals surface area contributed by atoms with Crippen LogP contribution in [0.4, 0.5) is 24.5 Å². The summed E-state index contributed by atoms with van der Waals surface area (Å²) in [7, 11) is 0. The summed E-state index contributed by atoms with van der Waals surface area (Å²) in [6.45, 7) is 1.80. The number of benzene rings is 2. The Morgan fingerprint density at radius 3 is 2.25 bits per heavy atom. The van der Waals surface area contributed by atoms with Gasteiger partial charge in [0.25, 0.3) is 5.91 Å². The number of halogens is 3. The van der Waals surface area contributed by atoms with Crippen molar-refractivity contribution in [3.63, 3.8) is 0 Å². The van der Waals surface area contributed by atoms with Crippen LogP contribution >= 0.6 is 0 Å². The van der Waals surface area contributed by atoms with E-state index >= 15 is 0 Å². The molecule has 2 rings (SSSR count). The van der Waals surface area contributed by atoms with Crippen LogP contribution in [-0.4, -0.2) is 5.91 Å². The minimum Gasteiger partial charge on any atom is -0.398 e. The Hall–Kier alpha value is -2.50. The lowest BCUT2D eigenvalue weighted by Gasteiger charge is -2.08. The van der Waals surface area contributed by atoms with Gasteiger partial charge >= 0.3 is 0 Å². The fourth-order valence-corrected chi connectivity index (χ4v) is 1.61. The Morgan fingerprint density at radius 2 is 1.70 bits per heavy atom. The molecular weight excluding hydrogens is 269 g/mol. The highest BCUT2D eigenvalue weighted by atomic mass is 19.2. The maximum atomic E-state index is 13.0. The van der Waals surface area contributed by atoms with Gasteiger partial charge in [0.1, 0.15) is 0 Å². The van der Waals surface area contributed by atoms with Gasteiger partial charge in [-0.2, -0.15) is 0 Å². The van der Waals surface area contributed by atoms with Crippen LogP contribution in [0.1, 0.15) is 15.9 Å². The Balaban J connectivity index is 2.26. The zero-order valence-electron chi connectivity index (χ0n) is 10.5. The molecule has 1 amide bonds. The third-order valence-electron chi connectivity index (χ3n) is 2.78. The van der Waals surface area contributed by atoms with Crippen LogP contribution in [0.3, 0.4) is 0 Å². The van der Waals surface area contributed by atoms with Crippen LogP contribution < -0.4 is 11.1 Å². The van der Waals surface area contributed by atoms with E-state index in [9.17, 15) is 18.0 Å². The number of nitrogens with one attached hydrogen (secondary N) is 1. The van der Waals surface area contributed by atoms with Gasteiger partial charge in [-0.15, -0.1) is 0 Å². The van der Waals surface area contributed by atoms with Crippen molar-refractivity contribution >= 4 is 17.3 Å². The molecule has 3 N–H and O–H groups in total. The van der Waals surface area contributed by atoms with E-state index in [-0.39, 0.29) is 5.56 Å². The quantitative estimate of drug-likeness (QED) is 0.655. The molecule has 0 aliphatic carbocycles. The molecule has 0 radical (unpaired) electrons. The molecule has 6 heteroatoms. The van der Waals surface area contributed by atoms with Crippen molar-refractivity contribution in [2.24, 2.45) is 0 Å². The van der Waals surface area contributed by atoms with Gasteiger partial charge in [-0.05, 0) is 36.8 Å². The predicted molar refractivity (Wildman–Crippen MR) is 69.9 cm³/mol. The highest BCUT2D eigenvalue weighted by Gasteiger charge is 2.15. The first kappa shape index (κ1) is 13.9.